The predicted octanol–water partition coefficient (Wildman–Crippen LogP) is 4.21. The highest BCUT2D eigenvalue weighted by Crippen LogP contribution is 2.27. The van der Waals surface area contributed by atoms with Crippen molar-refractivity contribution in [2.24, 2.45) is 0 Å². The molecule has 6 nitrogen and oxygen atoms in total. The van der Waals surface area contributed by atoms with Crippen LogP contribution in [0.1, 0.15) is 16.1 Å². The van der Waals surface area contributed by atoms with Crippen molar-refractivity contribution in [1.29, 1.82) is 0 Å². The first kappa shape index (κ1) is 19.2. The summed E-state index contributed by atoms with van der Waals surface area (Å²) in [5, 5.41) is 5.09. The van der Waals surface area contributed by atoms with Gasteiger partial charge in [-0.05, 0) is 42.8 Å². The molecule has 0 atom stereocenters. The zero-order valence-electron chi connectivity index (χ0n) is 14.9. The van der Waals surface area contributed by atoms with Gasteiger partial charge in [-0.1, -0.05) is 6.07 Å². The van der Waals surface area contributed by atoms with E-state index in [4.69, 9.17) is 4.74 Å². The number of rotatable bonds is 5. The van der Waals surface area contributed by atoms with Crippen molar-refractivity contribution >= 4 is 23.2 Å². The van der Waals surface area contributed by atoms with Crippen molar-refractivity contribution in [2.45, 2.75) is 6.92 Å². The maximum atomic E-state index is 13.7. The van der Waals surface area contributed by atoms with Crippen molar-refractivity contribution in [2.75, 3.05) is 17.7 Å². The Morgan fingerprint density at radius 3 is 2.57 bits per heavy atom. The van der Waals surface area contributed by atoms with Crippen LogP contribution in [0.4, 0.5) is 30.5 Å². The monoisotopic (exact) mass is 388 g/mol. The van der Waals surface area contributed by atoms with Gasteiger partial charge in [0.05, 0.1) is 18.5 Å². The molecule has 28 heavy (non-hydrogen) atoms. The lowest BCUT2D eigenvalue weighted by Crippen LogP contribution is -2.16. The molecule has 0 radical (unpaired) electrons. The first-order chi connectivity index (χ1) is 13.4. The van der Waals surface area contributed by atoms with Crippen LogP contribution in [-0.4, -0.2) is 23.0 Å². The van der Waals surface area contributed by atoms with Crippen molar-refractivity contribution < 1.29 is 22.7 Å². The number of nitrogens with zero attached hydrogens (tertiary/aromatic N) is 2. The Kier molecular flexibility index (Phi) is 5.44. The number of amides is 1. The number of halogens is 3. The lowest BCUT2D eigenvalue weighted by atomic mass is 10.2. The van der Waals surface area contributed by atoms with E-state index in [1.54, 1.807) is 6.07 Å². The van der Waals surface area contributed by atoms with Gasteiger partial charge in [-0.2, -0.15) is 0 Å². The van der Waals surface area contributed by atoms with Crippen LogP contribution >= 0.6 is 0 Å². The zero-order chi connectivity index (χ0) is 20.3. The van der Waals surface area contributed by atoms with Gasteiger partial charge in [0.15, 0.2) is 17.5 Å². The van der Waals surface area contributed by atoms with Gasteiger partial charge >= 0.3 is 0 Å². The Balaban J connectivity index is 1.83. The molecule has 0 spiro atoms. The van der Waals surface area contributed by atoms with Gasteiger partial charge in [0.1, 0.15) is 11.4 Å². The number of aryl methyl sites for hydroxylation is 1. The molecule has 9 heteroatoms. The van der Waals surface area contributed by atoms with Crippen molar-refractivity contribution in [1.82, 2.24) is 9.97 Å². The molecular weight excluding hydrogens is 373 g/mol. The fourth-order valence-electron chi connectivity index (χ4n) is 2.39. The maximum absolute atomic E-state index is 13.7. The van der Waals surface area contributed by atoms with Gasteiger partial charge < -0.3 is 15.4 Å². The largest absolute Gasteiger partial charge is 0.495 e. The van der Waals surface area contributed by atoms with Crippen LogP contribution in [0.3, 0.4) is 0 Å². The summed E-state index contributed by atoms with van der Waals surface area (Å²) in [7, 11) is 1.51. The van der Waals surface area contributed by atoms with Crippen molar-refractivity contribution in [3.8, 4) is 5.75 Å². The number of aromatic nitrogens is 2. The molecule has 2 aromatic carbocycles. The molecule has 1 amide bonds. The standard InChI is InChI=1S/C19H15F3N4O2/c1-10-3-6-15(28-2)14(9-10)26-19-23-8-7-13(25-19)18(27)24-12-5-4-11(20)16(21)17(12)22/h3-9H,1-2H3,(H,24,27)(H,23,25,26). The highest BCUT2D eigenvalue weighted by atomic mass is 19.2. The molecule has 1 heterocycles. The minimum atomic E-state index is -1.67. The molecule has 0 bridgehead atoms. The fraction of sp³-hybridized carbons (Fsp3) is 0.105. The summed E-state index contributed by atoms with van der Waals surface area (Å²) in [6, 6.07) is 8.37. The minimum Gasteiger partial charge on any atom is -0.495 e. The maximum Gasteiger partial charge on any atom is 0.274 e. The van der Waals surface area contributed by atoms with Crippen LogP contribution in [0, 0.1) is 24.4 Å². The number of carbonyl (C=O) groups excluding carboxylic acids is 1. The smallest absolute Gasteiger partial charge is 0.274 e. The first-order valence-electron chi connectivity index (χ1n) is 8.08. The molecule has 1 aromatic heterocycles. The Morgan fingerprint density at radius 1 is 1.04 bits per heavy atom. The van der Waals surface area contributed by atoms with E-state index in [1.807, 2.05) is 19.1 Å². The average Bonchev–Trinajstić information content (AvgIpc) is 2.69. The normalized spacial score (nSPS) is 10.5. The molecule has 0 aliphatic rings. The lowest BCUT2D eigenvalue weighted by Gasteiger charge is -2.11. The minimum absolute atomic E-state index is 0.0994. The van der Waals surface area contributed by atoms with E-state index in [2.05, 4.69) is 20.6 Å². The quantitative estimate of drug-likeness (QED) is 0.641. The van der Waals surface area contributed by atoms with E-state index in [0.717, 1.165) is 11.6 Å². The van der Waals surface area contributed by atoms with Crippen molar-refractivity contribution in [3.05, 3.63) is 71.3 Å². The Hall–Kier alpha value is -3.62. The molecular formula is C19H15F3N4O2. The summed E-state index contributed by atoms with van der Waals surface area (Å²) in [5.41, 5.74) is 0.948. The van der Waals surface area contributed by atoms with E-state index >= 15 is 0 Å². The average molecular weight is 388 g/mol. The molecule has 0 saturated heterocycles. The number of nitrogens with one attached hydrogen (secondary N) is 2. The number of anilines is 3. The number of ether oxygens (including phenoxy) is 1. The Morgan fingerprint density at radius 2 is 1.82 bits per heavy atom. The number of benzene rings is 2. The van der Waals surface area contributed by atoms with Crippen LogP contribution in [0.15, 0.2) is 42.6 Å². The molecule has 0 saturated carbocycles. The van der Waals surface area contributed by atoms with Crippen LogP contribution in [0.5, 0.6) is 5.75 Å². The summed E-state index contributed by atoms with van der Waals surface area (Å²) in [6.07, 6.45) is 1.33. The third-order valence-corrected chi connectivity index (χ3v) is 3.77. The van der Waals surface area contributed by atoms with E-state index in [1.165, 1.54) is 19.4 Å². The summed E-state index contributed by atoms with van der Waals surface area (Å²) in [4.78, 5) is 20.4. The first-order valence-corrected chi connectivity index (χ1v) is 8.08. The lowest BCUT2D eigenvalue weighted by molar-refractivity contribution is 0.102. The van der Waals surface area contributed by atoms with Gasteiger partial charge in [-0.15, -0.1) is 0 Å². The second-order valence-electron chi connectivity index (χ2n) is 5.77. The molecule has 0 aliphatic heterocycles. The SMILES string of the molecule is COc1ccc(C)cc1Nc1nccc(C(=O)Nc2ccc(F)c(F)c2F)n1. The second kappa shape index (κ2) is 7.95. The topological polar surface area (TPSA) is 76.1 Å². The van der Waals surface area contributed by atoms with Crippen LogP contribution in [0.25, 0.3) is 0 Å². The van der Waals surface area contributed by atoms with Gasteiger partial charge in [-0.3, -0.25) is 4.79 Å². The highest BCUT2D eigenvalue weighted by molar-refractivity contribution is 6.03. The second-order valence-corrected chi connectivity index (χ2v) is 5.77. The third kappa shape index (κ3) is 4.03. The zero-order valence-corrected chi connectivity index (χ0v) is 14.9. The van der Waals surface area contributed by atoms with Gasteiger partial charge in [-0.25, -0.2) is 23.1 Å². The number of hydrogen-bond donors (Lipinski definition) is 2. The summed E-state index contributed by atoms with van der Waals surface area (Å²) >= 11 is 0. The summed E-state index contributed by atoms with van der Waals surface area (Å²) in [5.74, 6) is -4.68. The van der Waals surface area contributed by atoms with E-state index in [-0.39, 0.29) is 11.6 Å². The van der Waals surface area contributed by atoms with Gasteiger partial charge in [0, 0.05) is 6.20 Å². The van der Waals surface area contributed by atoms with E-state index in [9.17, 15) is 18.0 Å². The van der Waals surface area contributed by atoms with Crippen LogP contribution in [0.2, 0.25) is 0 Å². The van der Waals surface area contributed by atoms with Crippen LogP contribution in [-0.2, 0) is 0 Å². The molecule has 2 N–H and O–H groups in total. The van der Waals surface area contributed by atoms with E-state index in [0.29, 0.717) is 17.5 Å². The molecule has 3 rings (SSSR count). The van der Waals surface area contributed by atoms with Crippen molar-refractivity contribution in [3.63, 3.8) is 0 Å². The Bertz CT molecular complexity index is 1040. The molecule has 0 fully saturated rings. The Labute approximate surface area is 158 Å². The molecule has 0 unspecified atom stereocenters. The number of carbonyl (C=O) groups is 1. The third-order valence-electron chi connectivity index (χ3n) is 3.77. The summed E-state index contributed by atoms with van der Waals surface area (Å²) in [6.45, 7) is 1.89. The van der Waals surface area contributed by atoms with Crippen LogP contribution < -0.4 is 15.4 Å². The summed E-state index contributed by atoms with van der Waals surface area (Å²) < 4.78 is 45.3. The fourth-order valence-corrected chi connectivity index (χ4v) is 2.39. The molecule has 3 aromatic rings. The van der Waals surface area contributed by atoms with Gasteiger partial charge in [0.25, 0.3) is 5.91 Å². The van der Waals surface area contributed by atoms with E-state index < -0.39 is 29.0 Å². The number of methoxy groups -OCH3 is 1. The highest BCUT2D eigenvalue weighted by Gasteiger charge is 2.17. The predicted molar refractivity (Wildman–Crippen MR) is 97.3 cm³/mol. The number of hydrogen-bond acceptors (Lipinski definition) is 5. The van der Waals surface area contributed by atoms with Gasteiger partial charge in [0.2, 0.25) is 5.95 Å². The molecule has 0 aliphatic carbocycles. The molecule has 144 valence electrons.